The van der Waals surface area contributed by atoms with Crippen LogP contribution in [0.5, 0.6) is 0 Å². The molecule has 1 saturated carbocycles. The smallest absolute Gasteiger partial charge is 0.0602 e. The number of benzene rings is 1. The average Bonchev–Trinajstić information content (AvgIpc) is 3.08. The number of nitrogens with zero attached hydrogens (tertiary/aromatic N) is 1. The summed E-state index contributed by atoms with van der Waals surface area (Å²) >= 11 is 6.59. The van der Waals surface area contributed by atoms with Gasteiger partial charge in [-0.25, -0.2) is 0 Å². The van der Waals surface area contributed by atoms with Crippen molar-refractivity contribution in [2.24, 2.45) is 0 Å². The van der Waals surface area contributed by atoms with E-state index in [1.165, 1.54) is 50.8 Å². The molecule has 2 N–H and O–H groups in total. The van der Waals surface area contributed by atoms with Crippen molar-refractivity contribution in [3.8, 4) is 0 Å². The molecule has 0 bridgehead atoms. The molecule has 1 aliphatic carbocycles. The quantitative estimate of drug-likeness (QED) is 0.818. The Morgan fingerprint density at radius 2 is 2.04 bits per heavy atom. The highest BCUT2D eigenvalue weighted by Gasteiger charge is 2.42. The monoisotopic (exact) mass is 349 g/mol. The van der Waals surface area contributed by atoms with Gasteiger partial charge in [-0.3, -0.25) is 4.90 Å². The van der Waals surface area contributed by atoms with Crippen molar-refractivity contribution in [1.82, 2.24) is 15.5 Å². The Labute approximate surface area is 152 Å². The van der Waals surface area contributed by atoms with Crippen LogP contribution < -0.4 is 10.6 Å². The molecule has 1 saturated heterocycles. The van der Waals surface area contributed by atoms with Gasteiger partial charge in [-0.15, -0.1) is 0 Å². The number of likely N-dealkylation sites (tertiary alicyclic amines) is 1. The topological polar surface area (TPSA) is 27.3 Å². The summed E-state index contributed by atoms with van der Waals surface area (Å²) in [6.07, 6.45) is 7.58. The van der Waals surface area contributed by atoms with Crippen LogP contribution in [0.2, 0.25) is 5.02 Å². The molecule has 2 fully saturated rings. The third-order valence-corrected chi connectivity index (χ3v) is 6.54. The molecule has 0 aromatic heterocycles. The first-order valence-corrected chi connectivity index (χ1v) is 10.0. The molecule has 3 atom stereocenters. The first-order valence-electron chi connectivity index (χ1n) is 9.62. The Bertz CT molecular complexity index is 535. The molecular weight excluding hydrogens is 318 g/mol. The molecule has 1 aliphatic heterocycles. The summed E-state index contributed by atoms with van der Waals surface area (Å²) in [6.45, 7) is 5.79. The standard InChI is InChI=1S/C20H32ClN3/c1-3-24-14-8-9-16(24)15-23-19-12-6-7-13-20(19,22-2)17-10-4-5-11-18(17)21/h4-5,10-11,16,19,22-23H,3,6-9,12-15H2,1-2H3/t16?,19-,20-/m0/s1. The summed E-state index contributed by atoms with van der Waals surface area (Å²) in [5.41, 5.74) is 1.21. The first kappa shape index (κ1) is 18.2. The van der Waals surface area contributed by atoms with Gasteiger partial charge in [0.1, 0.15) is 0 Å². The molecule has 1 aromatic carbocycles. The van der Waals surface area contributed by atoms with Gasteiger partial charge in [0.25, 0.3) is 0 Å². The molecule has 134 valence electrons. The lowest BCUT2D eigenvalue weighted by atomic mass is 9.72. The molecule has 1 aromatic rings. The second-order valence-corrected chi connectivity index (χ2v) is 7.74. The van der Waals surface area contributed by atoms with E-state index in [-0.39, 0.29) is 5.54 Å². The Morgan fingerprint density at radius 3 is 2.79 bits per heavy atom. The van der Waals surface area contributed by atoms with Crippen molar-refractivity contribution in [3.63, 3.8) is 0 Å². The molecule has 2 aliphatic rings. The largest absolute Gasteiger partial charge is 0.310 e. The highest BCUT2D eigenvalue weighted by atomic mass is 35.5. The van der Waals surface area contributed by atoms with Crippen molar-refractivity contribution in [2.45, 2.75) is 63.1 Å². The van der Waals surface area contributed by atoms with E-state index in [9.17, 15) is 0 Å². The van der Waals surface area contributed by atoms with Crippen LogP contribution in [0, 0.1) is 0 Å². The SMILES string of the molecule is CCN1CCCC1CN[C@H]1CCCC[C@]1(NC)c1ccccc1Cl. The van der Waals surface area contributed by atoms with E-state index in [4.69, 9.17) is 11.6 Å². The van der Waals surface area contributed by atoms with Crippen LogP contribution in [0.3, 0.4) is 0 Å². The van der Waals surface area contributed by atoms with E-state index in [0.29, 0.717) is 12.1 Å². The van der Waals surface area contributed by atoms with Gasteiger partial charge in [-0.05, 0) is 57.5 Å². The molecule has 3 nitrogen and oxygen atoms in total. The minimum Gasteiger partial charge on any atom is -0.310 e. The fourth-order valence-corrected chi connectivity index (χ4v) is 5.15. The number of hydrogen-bond donors (Lipinski definition) is 2. The number of rotatable bonds is 6. The van der Waals surface area contributed by atoms with Gasteiger partial charge in [-0.2, -0.15) is 0 Å². The molecule has 0 radical (unpaired) electrons. The van der Waals surface area contributed by atoms with Crippen LogP contribution in [0.1, 0.15) is 51.0 Å². The highest BCUT2D eigenvalue weighted by Crippen LogP contribution is 2.40. The minimum absolute atomic E-state index is 0.0494. The predicted octanol–water partition coefficient (Wildman–Crippen LogP) is 3.77. The lowest BCUT2D eigenvalue weighted by Gasteiger charge is -2.46. The second kappa shape index (κ2) is 8.18. The Balaban J connectivity index is 1.78. The van der Waals surface area contributed by atoms with E-state index in [0.717, 1.165) is 18.0 Å². The zero-order chi connectivity index (χ0) is 17.0. The molecule has 0 spiro atoms. The van der Waals surface area contributed by atoms with Crippen molar-refractivity contribution < 1.29 is 0 Å². The third-order valence-electron chi connectivity index (χ3n) is 6.21. The van der Waals surface area contributed by atoms with E-state index in [1.807, 2.05) is 12.1 Å². The zero-order valence-corrected chi connectivity index (χ0v) is 15.9. The Kier molecular flexibility index (Phi) is 6.20. The zero-order valence-electron chi connectivity index (χ0n) is 15.2. The molecule has 0 amide bonds. The fraction of sp³-hybridized carbons (Fsp3) is 0.700. The van der Waals surface area contributed by atoms with Crippen LogP contribution in [0.15, 0.2) is 24.3 Å². The maximum atomic E-state index is 6.59. The molecule has 1 heterocycles. The second-order valence-electron chi connectivity index (χ2n) is 7.33. The number of hydrogen-bond acceptors (Lipinski definition) is 3. The average molecular weight is 350 g/mol. The van der Waals surface area contributed by atoms with Gasteiger partial charge in [0.05, 0.1) is 5.54 Å². The number of nitrogens with one attached hydrogen (secondary N) is 2. The van der Waals surface area contributed by atoms with Crippen LogP contribution in [-0.2, 0) is 5.54 Å². The highest BCUT2D eigenvalue weighted by molar-refractivity contribution is 6.31. The van der Waals surface area contributed by atoms with E-state index in [2.05, 4.69) is 41.6 Å². The van der Waals surface area contributed by atoms with Gasteiger partial charge >= 0.3 is 0 Å². The van der Waals surface area contributed by atoms with Crippen molar-refractivity contribution >= 4 is 11.6 Å². The van der Waals surface area contributed by atoms with Gasteiger partial charge < -0.3 is 10.6 Å². The normalized spacial score (nSPS) is 31.5. The lowest BCUT2D eigenvalue weighted by molar-refractivity contribution is 0.163. The molecule has 1 unspecified atom stereocenters. The molecule has 3 rings (SSSR count). The van der Waals surface area contributed by atoms with E-state index in [1.54, 1.807) is 0 Å². The minimum atomic E-state index is -0.0494. The maximum absolute atomic E-state index is 6.59. The van der Waals surface area contributed by atoms with Gasteiger partial charge in [0, 0.05) is 23.7 Å². The van der Waals surface area contributed by atoms with Crippen LogP contribution in [0.4, 0.5) is 0 Å². The van der Waals surface area contributed by atoms with Crippen LogP contribution in [0.25, 0.3) is 0 Å². The maximum Gasteiger partial charge on any atom is 0.0602 e. The molecule has 4 heteroatoms. The Hall–Kier alpha value is -0.610. The summed E-state index contributed by atoms with van der Waals surface area (Å²) < 4.78 is 0. The fourth-order valence-electron chi connectivity index (χ4n) is 4.85. The van der Waals surface area contributed by atoms with Crippen molar-refractivity contribution in [3.05, 3.63) is 34.9 Å². The Morgan fingerprint density at radius 1 is 1.21 bits per heavy atom. The van der Waals surface area contributed by atoms with Gasteiger partial charge in [0.2, 0.25) is 0 Å². The number of likely N-dealkylation sites (N-methyl/N-ethyl adjacent to an activating group) is 2. The summed E-state index contributed by atoms with van der Waals surface area (Å²) in [4.78, 5) is 2.62. The van der Waals surface area contributed by atoms with E-state index < -0.39 is 0 Å². The van der Waals surface area contributed by atoms with Crippen LogP contribution in [-0.4, -0.2) is 43.7 Å². The summed E-state index contributed by atoms with van der Waals surface area (Å²) in [5, 5.41) is 8.48. The third kappa shape index (κ3) is 3.50. The lowest BCUT2D eigenvalue weighted by Crippen LogP contribution is -2.59. The first-order chi connectivity index (χ1) is 11.7. The van der Waals surface area contributed by atoms with Crippen molar-refractivity contribution in [2.75, 3.05) is 26.7 Å². The summed E-state index contributed by atoms with van der Waals surface area (Å²) in [6, 6.07) is 9.50. The molecular formula is C20H32ClN3. The van der Waals surface area contributed by atoms with Crippen LogP contribution >= 0.6 is 11.6 Å². The summed E-state index contributed by atoms with van der Waals surface area (Å²) in [5.74, 6) is 0. The van der Waals surface area contributed by atoms with Gasteiger partial charge in [0.15, 0.2) is 0 Å². The van der Waals surface area contributed by atoms with Crippen molar-refractivity contribution in [1.29, 1.82) is 0 Å². The van der Waals surface area contributed by atoms with Gasteiger partial charge in [-0.1, -0.05) is 49.6 Å². The predicted molar refractivity (Wildman–Crippen MR) is 103 cm³/mol. The number of halogens is 1. The summed E-state index contributed by atoms with van der Waals surface area (Å²) in [7, 11) is 2.09. The molecule has 24 heavy (non-hydrogen) atoms. The van der Waals surface area contributed by atoms with E-state index >= 15 is 0 Å².